The van der Waals surface area contributed by atoms with Gasteiger partial charge in [-0.3, -0.25) is 9.48 Å². The Kier molecular flexibility index (Phi) is 4.97. The van der Waals surface area contributed by atoms with Crippen molar-refractivity contribution >= 4 is 22.6 Å². The van der Waals surface area contributed by atoms with Gasteiger partial charge < -0.3 is 10.3 Å². The summed E-state index contributed by atoms with van der Waals surface area (Å²) in [5.74, 6) is 0.424. The van der Waals surface area contributed by atoms with Gasteiger partial charge >= 0.3 is 6.18 Å². The monoisotopic (exact) mass is 365 g/mol. The molecule has 0 radical (unpaired) electrons. The molecule has 9 heteroatoms. The summed E-state index contributed by atoms with van der Waals surface area (Å²) in [6.07, 6.45) is -0.438. The van der Waals surface area contributed by atoms with E-state index >= 15 is 0 Å². The van der Waals surface area contributed by atoms with Crippen molar-refractivity contribution in [1.29, 1.82) is 0 Å². The Bertz CT molecular complexity index is 913. The minimum atomic E-state index is -4.52. The second kappa shape index (κ2) is 7.19. The number of rotatable bonds is 6. The normalized spacial score (nSPS) is 11.8. The first kappa shape index (κ1) is 18.0. The maximum Gasteiger partial charge on any atom is 0.435 e. The van der Waals surface area contributed by atoms with E-state index in [1.54, 1.807) is 18.2 Å². The molecule has 26 heavy (non-hydrogen) atoms. The molecular weight excluding hydrogens is 347 g/mol. The standard InChI is InChI=1S/C17H18F3N5O/c1-2-3-4-15-22-12-6-5-11(9-13(12)23-15)21-16(26)10-25-8-7-14(24-25)17(18,19)20/h5-9H,2-4,10H2,1H3,(H,21,26)(H,22,23). The molecule has 1 amide bonds. The molecule has 3 rings (SSSR count). The first-order valence-corrected chi connectivity index (χ1v) is 8.24. The molecule has 3 aromatic rings. The molecule has 0 aliphatic carbocycles. The molecule has 2 aromatic heterocycles. The van der Waals surface area contributed by atoms with Crippen LogP contribution in [0.25, 0.3) is 11.0 Å². The number of carbonyl (C=O) groups is 1. The van der Waals surface area contributed by atoms with E-state index in [4.69, 9.17) is 0 Å². The molecule has 0 saturated carbocycles. The number of hydrogen-bond acceptors (Lipinski definition) is 3. The Morgan fingerprint density at radius 1 is 1.31 bits per heavy atom. The molecule has 0 fully saturated rings. The van der Waals surface area contributed by atoms with Gasteiger partial charge in [-0.15, -0.1) is 0 Å². The topological polar surface area (TPSA) is 75.6 Å². The number of imidazole rings is 1. The lowest BCUT2D eigenvalue weighted by Crippen LogP contribution is -2.19. The highest BCUT2D eigenvalue weighted by Crippen LogP contribution is 2.27. The number of alkyl halides is 3. The lowest BCUT2D eigenvalue weighted by atomic mass is 10.2. The summed E-state index contributed by atoms with van der Waals surface area (Å²) in [7, 11) is 0. The van der Waals surface area contributed by atoms with Gasteiger partial charge in [0.05, 0.1) is 11.0 Å². The van der Waals surface area contributed by atoms with Crippen molar-refractivity contribution in [3.63, 3.8) is 0 Å². The Balaban J connectivity index is 1.66. The van der Waals surface area contributed by atoms with Crippen LogP contribution < -0.4 is 5.32 Å². The number of anilines is 1. The quantitative estimate of drug-likeness (QED) is 0.698. The highest BCUT2D eigenvalue weighted by Gasteiger charge is 2.33. The van der Waals surface area contributed by atoms with Gasteiger partial charge in [0, 0.05) is 18.3 Å². The molecule has 0 aliphatic rings. The zero-order valence-electron chi connectivity index (χ0n) is 14.1. The number of aromatic nitrogens is 4. The van der Waals surface area contributed by atoms with Gasteiger partial charge in [0.2, 0.25) is 5.91 Å². The highest BCUT2D eigenvalue weighted by molar-refractivity contribution is 5.92. The Labute approximate surface area is 147 Å². The van der Waals surface area contributed by atoms with Crippen LogP contribution in [0, 0.1) is 0 Å². The van der Waals surface area contributed by atoms with E-state index in [0.29, 0.717) is 5.69 Å². The van der Waals surface area contributed by atoms with Crippen LogP contribution in [0.15, 0.2) is 30.5 Å². The van der Waals surface area contributed by atoms with E-state index in [1.165, 1.54) is 0 Å². The lowest BCUT2D eigenvalue weighted by Gasteiger charge is -2.06. The molecule has 2 N–H and O–H groups in total. The summed E-state index contributed by atoms with van der Waals surface area (Å²) in [6, 6.07) is 6.07. The second-order valence-electron chi connectivity index (χ2n) is 5.96. The molecule has 0 bridgehead atoms. The van der Waals surface area contributed by atoms with Crippen LogP contribution >= 0.6 is 0 Å². The van der Waals surface area contributed by atoms with Crippen molar-refractivity contribution in [3.8, 4) is 0 Å². The van der Waals surface area contributed by atoms with E-state index in [0.717, 1.165) is 53.1 Å². The number of nitrogens with zero attached hydrogens (tertiary/aromatic N) is 3. The van der Waals surface area contributed by atoms with Gasteiger partial charge in [-0.1, -0.05) is 13.3 Å². The summed E-state index contributed by atoms with van der Waals surface area (Å²) in [5.41, 5.74) is 1.11. The average Bonchev–Trinajstić information content (AvgIpc) is 3.18. The SMILES string of the molecule is CCCCc1nc2ccc(NC(=O)Cn3ccc(C(F)(F)F)n3)cc2[nH]1. The molecule has 0 spiro atoms. The fourth-order valence-electron chi connectivity index (χ4n) is 2.55. The van der Waals surface area contributed by atoms with Crippen molar-refractivity contribution in [2.24, 2.45) is 0 Å². The Morgan fingerprint density at radius 2 is 2.12 bits per heavy atom. The van der Waals surface area contributed by atoms with Crippen molar-refractivity contribution in [1.82, 2.24) is 19.7 Å². The van der Waals surface area contributed by atoms with Crippen molar-refractivity contribution in [2.45, 2.75) is 38.9 Å². The number of nitrogens with one attached hydrogen (secondary N) is 2. The number of unbranched alkanes of at least 4 members (excludes halogenated alkanes) is 1. The minimum absolute atomic E-state index is 0.307. The minimum Gasteiger partial charge on any atom is -0.342 e. The zero-order chi connectivity index (χ0) is 18.7. The van der Waals surface area contributed by atoms with E-state index in [-0.39, 0.29) is 6.54 Å². The second-order valence-corrected chi connectivity index (χ2v) is 5.96. The summed E-state index contributed by atoms with van der Waals surface area (Å²) in [6.45, 7) is 1.80. The molecule has 138 valence electrons. The maximum atomic E-state index is 12.5. The maximum absolute atomic E-state index is 12.5. The van der Waals surface area contributed by atoms with Crippen LogP contribution in [0.1, 0.15) is 31.3 Å². The number of fused-ring (bicyclic) bond motifs is 1. The number of amides is 1. The fraction of sp³-hybridized carbons (Fsp3) is 0.353. The summed E-state index contributed by atoms with van der Waals surface area (Å²) in [5, 5.41) is 6.01. The van der Waals surface area contributed by atoms with E-state index in [1.807, 2.05) is 0 Å². The van der Waals surface area contributed by atoms with Crippen molar-refractivity contribution in [2.75, 3.05) is 5.32 Å². The predicted octanol–water partition coefficient (Wildman–Crippen LogP) is 3.76. The Morgan fingerprint density at radius 3 is 2.81 bits per heavy atom. The number of carbonyl (C=O) groups excluding carboxylic acids is 1. The smallest absolute Gasteiger partial charge is 0.342 e. The number of aromatic amines is 1. The third-order valence-corrected chi connectivity index (χ3v) is 3.82. The van der Waals surface area contributed by atoms with Gasteiger partial charge in [0.25, 0.3) is 0 Å². The molecule has 0 atom stereocenters. The van der Waals surface area contributed by atoms with Crippen LogP contribution in [-0.2, 0) is 23.9 Å². The predicted molar refractivity (Wildman–Crippen MR) is 90.6 cm³/mol. The van der Waals surface area contributed by atoms with Gasteiger partial charge in [0.15, 0.2) is 5.69 Å². The first-order chi connectivity index (χ1) is 12.3. The highest BCUT2D eigenvalue weighted by atomic mass is 19.4. The average molecular weight is 365 g/mol. The number of halogens is 3. The van der Waals surface area contributed by atoms with E-state index in [2.05, 4.69) is 27.3 Å². The Hall–Kier alpha value is -2.84. The number of benzene rings is 1. The molecule has 0 aliphatic heterocycles. The third kappa shape index (κ3) is 4.22. The van der Waals surface area contributed by atoms with Crippen LogP contribution in [0.4, 0.5) is 18.9 Å². The fourth-order valence-corrected chi connectivity index (χ4v) is 2.55. The van der Waals surface area contributed by atoms with Crippen LogP contribution in [-0.4, -0.2) is 25.7 Å². The van der Waals surface area contributed by atoms with E-state index in [9.17, 15) is 18.0 Å². The van der Waals surface area contributed by atoms with Crippen LogP contribution in [0.2, 0.25) is 0 Å². The van der Waals surface area contributed by atoms with E-state index < -0.39 is 17.8 Å². The third-order valence-electron chi connectivity index (χ3n) is 3.82. The van der Waals surface area contributed by atoms with Crippen molar-refractivity contribution in [3.05, 3.63) is 42.0 Å². The molecule has 0 unspecified atom stereocenters. The molecular formula is C17H18F3N5O. The van der Waals surface area contributed by atoms with Gasteiger partial charge in [-0.2, -0.15) is 18.3 Å². The number of aryl methyl sites for hydroxylation is 1. The van der Waals surface area contributed by atoms with Crippen molar-refractivity contribution < 1.29 is 18.0 Å². The van der Waals surface area contributed by atoms with Crippen LogP contribution in [0.5, 0.6) is 0 Å². The zero-order valence-corrected chi connectivity index (χ0v) is 14.1. The van der Waals surface area contributed by atoms with Gasteiger partial charge in [-0.25, -0.2) is 4.98 Å². The first-order valence-electron chi connectivity index (χ1n) is 8.24. The molecule has 2 heterocycles. The number of H-pyrrole nitrogens is 1. The molecule has 6 nitrogen and oxygen atoms in total. The summed E-state index contributed by atoms with van der Waals surface area (Å²) >= 11 is 0. The number of hydrogen-bond donors (Lipinski definition) is 2. The molecule has 1 aromatic carbocycles. The summed E-state index contributed by atoms with van der Waals surface area (Å²) < 4.78 is 38.5. The van der Waals surface area contributed by atoms with Crippen LogP contribution in [0.3, 0.4) is 0 Å². The summed E-state index contributed by atoms with van der Waals surface area (Å²) in [4.78, 5) is 19.7. The molecule has 0 saturated heterocycles. The van der Waals surface area contributed by atoms with Gasteiger partial charge in [-0.05, 0) is 30.7 Å². The largest absolute Gasteiger partial charge is 0.435 e. The van der Waals surface area contributed by atoms with Gasteiger partial charge in [0.1, 0.15) is 12.4 Å². The lowest BCUT2D eigenvalue weighted by molar-refractivity contribution is -0.141.